The van der Waals surface area contributed by atoms with Crippen molar-refractivity contribution in [1.29, 1.82) is 0 Å². The fourth-order valence-electron chi connectivity index (χ4n) is 2.88. The van der Waals surface area contributed by atoms with Gasteiger partial charge in [0.05, 0.1) is 0 Å². The van der Waals surface area contributed by atoms with E-state index in [9.17, 15) is 44.7 Å². The molecule has 0 amide bonds. The molecule has 0 aromatic rings. The summed E-state index contributed by atoms with van der Waals surface area (Å²) in [6.07, 6.45) is -2.61. The van der Waals surface area contributed by atoms with Crippen molar-refractivity contribution >= 4 is 11.9 Å². The van der Waals surface area contributed by atoms with Crippen LogP contribution in [0.3, 0.4) is 0 Å². The molecule has 4 nitrogen and oxygen atoms in total. The first-order chi connectivity index (χ1) is 13.2. The highest BCUT2D eigenvalue weighted by Crippen LogP contribution is 2.48. The Morgan fingerprint density at radius 3 is 2.00 bits per heavy atom. The van der Waals surface area contributed by atoms with Crippen molar-refractivity contribution in [3.05, 3.63) is 0 Å². The molecule has 0 N–H and O–H groups in total. The average Bonchev–Trinajstić information content (AvgIpc) is 3.14. The summed E-state index contributed by atoms with van der Waals surface area (Å²) >= 11 is 0. The first kappa shape index (κ1) is 25.4. The molecule has 12 heteroatoms. The van der Waals surface area contributed by atoms with Gasteiger partial charge in [-0.15, -0.1) is 0 Å². The highest BCUT2D eigenvalue weighted by atomic mass is 19.4. The number of ether oxygens (including phenoxy) is 2. The SMILES string of the molecule is CC(OC(=O)CCCC(=O)OCC(F)(F)C(F)(F)C(F)(F)C(F)F)C1CCCC1. The molecule has 170 valence electrons. The van der Waals surface area contributed by atoms with Gasteiger partial charge in [0.1, 0.15) is 6.10 Å². The molecule has 0 bridgehead atoms. The largest absolute Gasteiger partial charge is 0.462 e. The minimum absolute atomic E-state index is 0.218. The van der Waals surface area contributed by atoms with E-state index < -0.39 is 49.2 Å². The lowest BCUT2D eigenvalue weighted by Crippen LogP contribution is -2.59. The first-order valence-electron chi connectivity index (χ1n) is 8.99. The van der Waals surface area contributed by atoms with Gasteiger partial charge in [-0.05, 0) is 32.1 Å². The first-order valence-corrected chi connectivity index (χ1v) is 8.99. The molecular formula is C17H22F8O4. The second-order valence-electron chi connectivity index (χ2n) is 6.96. The van der Waals surface area contributed by atoms with Gasteiger partial charge in [0, 0.05) is 12.8 Å². The highest BCUT2D eigenvalue weighted by Gasteiger charge is 2.75. The molecule has 0 saturated heterocycles. The predicted octanol–water partition coefficient (Wildman–Crippen LogP) is 4.99. The van der Waals surface area contributed by atoms with Crippen LogP contribution in [0.4, 0.5) is 35.1 Å². The third-order valence-corrected chi connectivity index (χ3v) is 4.71. The lowest BCUT2D eigenvalue weighted by Gasteiger charge is -2.31. The normalized spacial score (nSPS) is 17.4. The van der Waals surface area contributed by atoms with Gasteiger partial charge in [-0.3, -0.25) is 9.59 Å². The molecule has 0 aromatic carbocycles. The number of hydrogen-bond acceptors (Lipinski definition) is 4. The summed E-state index contributed by atoms with van der Waals surface area (Å²) < 4.78 is 111. The summed E-state index contributed by atoms with van der Waals surface area (Å²) in [7, 11) is 0. The van der Waals surface area contributed by atoms with Gasteiger partial charge in [0.15, 0.2) is 6.61 Å². The van der Waals surface area contributed by atoms with Crippen LogP contribution in [0, 0.1) is 5.92 Å². The number of alkyl halides is 8. The number of hydrogen-bond donors (Lipinski definition) is 0. The number of halogens is 8. The molecule has 1 unspecified atom stereocenters. The standard InChI is InChI=1S/C17H22F8O4/c1-10(11-5-2-3-6-11)29-13(27)8-4-7-12(26)28-9-15(20,21)17(24,25)16(22,23)14(18)19/h10-11,14H,2-9H2,1H3. The average molecular weight is 442 g/mol. The quantitative estimate of drug-likeness (QED) is 0.334. The maximum Gasteiger partial charge on any atom is 0.381 e. The molecular weight excluding hydrogens is 420 g/mol. The molecule has 1 rings (SSSR count). The van der Waals surface area contributed by atoms with E-state index >= 15 is 0 Å². The minimum Gasteiger partial charge on any atom is -0.462 e. The molecule has 0 spiro atoms. The molecule has 1 fully saturated rings. The van der Waals surface area contributed by atoms with Crippen LogP contribution >= 0.6 is 0 Å². The van der Waals surface area contributed by atoms with Gasteiger partial charge in [-0.2, -0.15) is 26.3 Å². The Morgan fingerprint density at radius 1 is 0.966 bits per heavy atom. The summed E-state index contributed by atoms with van der Waals surface area (Å²) in [5.41, 5.74) is 0. The van der Waals surface area contributed by atoms with Crippen molar-refractivity contribution in [3.63, 3.8) is 0 Å². The van der Waals surface area contributed by atoms with Gasteiger partial charge < -0.3 is 9.47 Å². The van der Waals surface area contributed by atoms with Crippen molar-refractivity contribution in [2.24, 2.45) is 5.92 Å². The van der Waals surface area contributed by atoms with Gasteiger partial charge in [-0.25, -0.2) is 8.78 Å². The van der Waals surface area contributed by atoms with Crippen LogP contribution in [-0.4, -0.2) is 48.8 Å². The molecule has 0 heterocycles. The smallest absolute Gasteiger partial charge is 0.381 e. The highest BCUT2D eigenvalue weighted by molar-refractivity contribution is 5.72. The van der Waals surface area contributed by atoms with Crippen LogP contribution in [0.2, 0.25) is 0 Å². The second-order valence-corrected chi connectivity index (χ2v) is 6.96. The lowest BCUT2D eigenvalue weighted by molar-refractivity contribution is -0.344. The minimum atomic E-state index is -6.44. The van der Waals surface area contributed by atoms with Crippen LogP contribution in [-0.2, 0) is 19.1 Å². The van der Waals surface area contributed by atoms with Gasteiger partial charge in [0.2, 0.25) is 0 Å². The van der Waals surface area contributed by atoms with Crippen molar-refractivity contribution < 1.29 is 54.2 Å². The Balaban J connectivity index is 2.39. The molecule has 29 heavy (non-hydrogen) atoms. The Kier molecular flexibility index (Phi) is 8.70. The number of carbonyl (C=O) groups is 2. The van der Waals surface area contributed by atoms with Crippen LogP contribution in [0.25, 0.3) is 0 Å². The van der Waals surface area contributed by atoms with E-state index in [0.717, 1.165) is 25.7 Å². The molecule has 1 aliphatic carbocycles. The van der Waals surface area contributed by atoms with Crippen molar-refractivity contribution in [2.75, 3.05) is 6.61 Å². The van der Waals surface area contributed by atoms with E-state index in [2.05, 4.69) is 4.74 Å². The predicted molar refractivity (Wildman–Crippen MR) is 83.2 cm³/mol. The summed E-state index contributed by atoms with van der Waals surface area (Å²) in [6.45, 7) is -0.788. The maximum atomic E-state index is 13.2. The fourth-order valence-corrected chi connectivity index (χ4v) is 2.88. The molecule has 0 radical (unpaired) electrons. The molecule has 0 aromatic heterocycles. The van der Waals surface area contributed by atoms with Crippen molar-refractivity contribution in [3.8, 4) is 0 Å². The van der Waals surface area contributed by atoms with Gasteiger partial charge in [-0.1, -0.05) is 12.8 Å². The number of esters is 2. The zero-order chi connectivity index (χ0) is 22.5. The number of carbonyl (C=O) groups excluding carboxylic acids is 2. The van der Waals surface area contributed by atoms with E-state index in [0.29, 0.717) is 0 Å². The topological polar surface area (TPSA) is 52.6 Å². The Hall–Kier alpha value is -1.62. The summed E-state index contributed by atoms with van der Waals surface area (Å²) in [5, 5.41) is 0. The summed E-state index contributed by atoms with van der Waals surface area (Å²) in [4.78, 5) is 23.0. The lowest BCUT2D eigenvalue weighted by atomic mass is 10.0. The van der Waals surface area contributed by atoms with E-state index in [1.165, 1.54) is 0 Å². The maximum absolute atomic E-state index is 13.2. The summed E-state index contributed by atoms with van der Waals surface area (Å²) in [6, 6.07) is 0. The molecule has 0 aliphatic heterocycles. The Bertz CT molecular complexity index is 562. The van der Waals surface area contributed by atoms with E-state index in [1.54, 1.807) is 6.92 Å². The summed E-state index contributed by atoms with van der Waals surface area (Å²) in [5.74, 6) is -20.4. The molecule has 1 atom stereocenters. The van der Waals surface area contributed by atoms with Crippen LogP contribution in [0.5, 0.6) is 0 Å². The van der Waals surface area contributed by atoms with E-state index in [1.807, 2.05) is 0 Å². The van der Waals surface area contributed by atoms with E-state index in [4.69, 9.17) is 4.74 Å². The molecule has 1 aliphatic rings. The fraction of sp³-hybridized carbons (Fsp3) is 0.882. The third kappa shape index (κ3) is 6.43. The van der Waals surface area contributed by atoms with Crippen LogP contribution in [0.15, 0.2) is 0 Å². The van der Waals surface area contributed by atoms with Crippen LogP contribution in [0.1, 0.15) is 51.9 Å². The Morgan fingerprint density at radius 2 is 1.48 bits per heavy atom. The van der Waals surface area contributed by atoms with Crippen molar-refractivity contribution in [2.45, 2.75) is 82.2 Å². The number of rotatable bonds is 11. The van der Waals surface area contributed by atoms with Crippen molar-refractivity contribution in [1.82, 2.24) is 0 Å². The van der Waals surface area contributed by atoms with Gasteiger partial charge in [0.25, 0.3) is 0 Å². The second kappa shape index (κ2) is 9.92. The zero-order valence-electron chi connectivity index (χ0n) is 15.5. The van der Waals surface area contributed by atoms with E-state index in [-0.39, 0.29) is 24.9 Å². The zero-order valence-corrected chi connectivity index (χ0v) is 15.5. The third-order valence-electron chi connectivity index (χ3n) is 4.71. The monoisotopic (exact) mass is 442 g/mol. The van der Waals surface area contributed by atoms with Gasteiger partial charge >= 0.3 is 36.1 Å². The molecule has 1 saturated carbocycles. The Labute approximate surface area is 161 Å². The van der Waals surface area contributed by atoms with Crippen LogP contribution < -0.4 is 0 Å².